The van der Waals surface area contributed by atoms with E-state index in [-0.39, 0.29) is 23.4 Å². The van der Waals surface area contributed by atoms with Gasteiger partial charge in [-0.1, -0.05) is 6.92 Å². The fraction of sp³-hybridized carbons (Fsp3) is 0.462. The first-order valence-electron chi connectivity index (χ1n) is 6.04. The highest BCUT2D eigenvalue weighted by atomic mass is 16.3. The van der Waals surface area contributed by atoms with Gasteiger partial charge in [-0.25, -0.2) is 0 Å². The molecule has 0 spiro atoms. The number of aromatic hydroxyl groups is 2. The summed E-state index contributed by atoms with van der Waals surface area (Å²) in [6.45, 7) is 3.27. The monoisotopic (exact) mass is 250 g/mol. The Hall–Kier alpha value is -1.75. The number of carbonyl (C=O) groups excluding carboxylic acids is 1. The van der Waals surface area contributed by atoms with Crippen molar-refractivity contribution in [3.63, 3.8) is 0 Å². The molecule has 2 unspecified atom stereocenters. The number of carbonyl (C=O) groups is 1. The van der Waals surface area contributed by atoms with Crippen LogP contribution in [-0.2, 0) is 0 Å². The number of likely N-dealkylation sites (tertiary alicyclic amines) is 1. The maximum atomic E-state index is 12.2. The predicted octanol–water partition coefficient (Wildman–Crippen LogP) is 0.907. The van der Waals surface area contributed by atoms with E-state index < -0.39 is 0 Å². The van der Waals surface area contributed by atoms with Crippen molar-refractivity contribution in [3.05, 3.63) is 23.8 Å². The molecule has 1 fully saturated rings. The van der Waals surface area contributed by atoms with Crippen LogP contribution in [0.4, 0.5) is 0 Å². The molecule has 4 N–H and O–H groups in total. The number of nitrogens with zero attached hydrogens (tertiary/aromatic N) is 1. The molecule has 1 heterocycles. The summed E-state index contributed by atoms with van der Waals surface area (Å²) < 4.78 is 0. The van der Waals surface area contributed by atoms with Crippen LogP contribution in [-0.4, -0.2) is 40.2 Å². The minimum atomic E-state index is -0.282. The molecular weight excluding hydrogens is 232 g/mol. The Balaban J connectivity index is 2.17. The number of piperidine rings is 1. The first-order chi connectivity index (χ1) is 8.47. The van der Waals surface area contributed by atoms with E-state index in [4.69, 9.17) is 5.73 Å². The SMILES string of the molecule is CC1CC(N)CN(C(=O)c2ccc(O)c(O)c2)C1. The molecule has 0 radical (unpaired) electrons. The Morgan fingerprint density at radius 1 is 1.33 bits per heavy atom. The number of hydrogen-bond acceptors (Lipinski definition) is 4. The number of phenolic OH excluding ortho intramolecular Hbond substituents is 2. The molecule has 5 heteroatoms. The van der Waals surface area contributed by atoms with Crippen molar-refractivity contribution in [1.29, 1.82) is 0 Å². The fourth-order valence-corrected chi connectivity index (χ4v) is 2.40. The maximum Gasteiger partial charge on any atom is 0.254 e. The smallest absolute Gasteiger partial charge is 0.254 e. The molecule has 0 saturated carbocycles. The van der Waals surface area contributed by atoms with Crippen LogP contribution in [0.25, 0.3) is 0 Å². The largest absolute Gasteiger partial charge is 0.504 e. The topological polar surface area (TPSA) is 86.8 Å². The number of rotatable bonds is 1. The lowest BCUT2D eigenvalue weighted by Crippen LogP contribution is -2.48. The van der Waals surface area contributed by atoms with E-state index in [1.54, 1.807) is 4.90 Å². The number of phenols is 2. The summed E-state index contributed by atoms with van der Waals surface area (Å²) in [5.74, 6) is -0.291. The predicted molar refractivity (Wildman–Crippen MR) is 67.4 cm³/mol. The van der Waals surface area contributed by atoms with E-state index in [9.17, 15) is 15.0 Å². The molecule has 0 bridgehead atoms. The van der Waals surface area contributed by atoms with Crippen LogP contribution >= 0.6 is 0 Å². The van der Waals surface area contributed by atoms with Gasteiger partial charge in [0.1, 0.15) is 0 Å². The molecule has 0 aliphatic carbocycles. The van der Waals surface area contributed by atoms with Gasteiger partial charge in [0.25, 0.3) is 5.91 Å². The van der Waals surface area contributed by atoms with Crippen molar-refractivity contribution >= 4 is 5.91 Å². The zero-order chi connectivity index (χ0) is 13.3. The third-order valence-electron chi connectivity index (χ3n) is 3.20. The third kappa shape index (κ3) is 2.56. The zero-order valence-electron chi connectivity index (χ0n) is 10.3. The van der Waals surface area contributed by atoms with Crippen LogP contribution in [0.3, 0.4) is 0 Å². The van der Waals surface area contributed by atoms with Gasteiger partial charge in [-0.2, -0.15) is 0 Å². The molecule has 2 rings (SSSR count). The average molecular weight is 250 g/mol. The number of amides is 1. The molecule has 1 saturated heterocycles. The van der Waals surface area contributed by atoms with Crippen molar-refractivity contribution in [2.24, 2.45) is 11.7 Å². The second-order valence-electron chi connectivity index (χ2n) is 5.01. The number of hydrogen-bond donors (Lipinski definition) is 3. The highest BCUT2D eigenvalue weighted by Crippen LogP contribution is 2.26. The highest BCUT2D eigenvalue weighted by Gasteiger charge is 2.26. The Morgan fingerprint density at radius 2 is 2.06 bits per heavy atom. The lowest BCUT2D eigenvalue weighted by Gasteiger charge is -2.34. The van der Waals surface area contributed by atoms with Crippen molar-refractivity contribution in [1.82, 2.24) is 4.90 Å². The van der Waals surface area contributed by atoms with Crippen LogP contribution in [0.5, 0.6) is 11.5 Å². The summed E-state index contributed by atoms with van der Waals surface area (Å²) in [6, 6.07) is 4.10. The van der Waals surface area contributed by atoms with E-state index in [0.29, 0.717) is 24.6 Å². The fourth-order valence-electron chi connectivity index (χ4n) is 2.40. The summed E-state index contributed by atoms with van der Waals surface area (Å²) in [6.07, 6.45) is 0.921. The highest BCUT2D eigenvalue weighted by molar-refractivity contribution is 5.95. The van der Waals surface area contributed by atoms with Gasteiger partial charge in [0.2, 0.25) is 0 Å². The second kappa shape index (κ2) is 4.86. The molecule has 0 aromatic heterocycles. The van der Waals surface area contributed by atoms with Gasteiger partial charge in [-0.15, -0.1) is 0 Å². The van der Waals surface area contributed by atoms with Crippen LogP contribution < -0.4 is 5.73 Å². The Bertz CT molecular complexity index is 452. The lowest BCUT2D eigenvalue weighted by atomic mass is 9.96. The molecule has 98 valence electrons. The standard InChI is InChI=1S/C13H18N2O3/c1-8-4-10(14)7-15(6-8)13(18)9-2-3-11(16)12(17)5-9/h2-3,5,8,10,16-17H,4,6-7,14H2,1H3. The molecule has 1 aliphatic heterocycles. The molecule has 2 atom stereocenters. The van der Waals surface area contributed by atoms with E-state index in [0.717, 1.165) is 6.42 Å². The van der Waals surface area contributed by atoms with Crippen molar-refractivity contribution < 1.29 is 15.0 Å². The first-order valence-corrected chi connectivity index (χ1v) is 6.04. The minimum Gasteiger partial charge on any atom is -0.504 e. The van der Waals surface area contributed by atoms with Gasteiger partial charge in [0, 0.05) is 24.7 Å². The second-order valence-corrected chi connectivity index (χ2v) is 5.01. The van der Waals surface area contributed by atoms with Gasteiger partial charge >= 0.3 is 0 Å². The number of nitrogens with two attached hydrogens (primary N) is 1. The Morgan fingerprint density at radius 3 is 2.67 bits per heavy atom. The third-order valence-corrected chi connectivity index (χ3v) is 3.20. The van der Waals surface area contributed by atoms with Gasteiger partial charge in [0.05, 0.1) is 0 Å². The van der Waals surface area contributed by atoms with Gasteiger partial charge in [0.15, 0.2) is 11.5 Å². The normalized spacial score (nSPS) is 24.0. The molecule has 18 heavy (non-hydrogen) atoms. The first kappa shape index (κ1) is 12.7. The molecule has 1 aromatic rings. The van der Waals surface area contributed by atoms with Gasteiger partial charge in [-0.05, 0) is 30.5 Å². The minimum absolute atomic E-state index is 0.00316. The summed E-state index contributed by atoms with van der Waals surface area (Å²) in [5.41, 5.74) is 6.27. The van der Waals surface area contributed by atoms with E-state index in [1.807, 2.05) is 0 Å². The number of benzene rings is 1. The molecular formula is C13H18N2O3. The summed E-state index contributed by atoms with van der Waals surface area (Å²) in [7, 11) is 0. The molecule has 1 aliphatic rings. The van der Waals surface area contributed by atoms with Crippen LogP contribution in [0.2, 0.25) is 0 Å². The van der Waals surface area contributed by atoms with Gasteiger partial charge in [-0.3, -0.25) is 4.79 Å². The maximum absolute atomic E-state index is 12.2. The van der Waals surface area contributed by atoms with E-state index >= 15 is 0 Å². The van der Waals surface area contributed by atoms with E-state index in [2.05, 4.69) is 6.92 Å². The summed E-state index contributed by atoms with van der Waals surface area (Å²) >= 11 is 0. The lowest BCUT2D eigenvalue weighted by molar-refractivity contribution is 0.0660. The van der Waals surface area contributed by atoms with Crippen LogP contribution in [0, 0.1) is 5.92 Å². The van der Waals surface area contributed by atoms with Crippen molar-refractivity contribution in [2.45, 2.75) is 19.4 Å². The average Bonchev–Trinajstić information content (AvgIpc) is 2.30. The summed E-state index contributed by atoms with van der Waals surface area (Å²) in [5, 5.41) is 18.6. The van der Waals surface area contributed by atoms with Crippen molar-refractivity contribution in [3.8, 4) is 11.5 Å². The molecule has 1 aromatic carbocycles. The molecule has 1 amide bonds. The van der Waals surface area contributed by atoms with Gasteiger partial charge < -0.3 is 20.8 Å². The quantitative estimate of drug-likeness (QED) is 0.646. The van der Waals surface area contributed by atoms with E-state index in [1.165, 1.54) is 18.2 Å². The van der Waals surface area contributed by atoms with Crippen LogP contribution in [0.1, 0.15) is 23.7 Å². The Labute approximate surface area is 106 Å². The van der Waals surface area contributed by atoms with Crippen LogP contribution in [0.15, 0.2) is 18.2 Å². The zero-order valence-corrected chi connectivity index (χ0v) is 10.3. The summed E-state index contributed by atoms with van der Waals surface area (Å²) in [4.78, 5) is 13.9. The van der Waals surface area contributed by atoms with Crippen molar-refractivity contribution in [2.75, 3.05) is 13.1 Å². The molecule has 5 nitrogen and oxygen atoms in total. The Kier molecular flexibility index (Phi) is 3.43.